The molecule has 1 unspecified atom stereocenters. The minimum atomic E-state index is -4.68. The quantitative estimate of drug-likeness (QED) is 0.241. The highest BCUT2D eigenvalue weighted by molar-refractivity contribution is 5.46. The van der Waals surface area contributed by atoms with E-state index in [4.69, 9.17) is 14.7 Å². The Labute approximate surface area is 204 Å². The van der Waals surface area contributed by atoms with Gasteiger partial charge >= 0.3 is 6.18 Å². The fourth-order valence-corrected chi connectivity index (χ4v) is 3.57. The second kappa shape index (κ2) is 11.8. The van der Waals surface area contributed by atoms with Crippen LogP contribution in [-0.4, -0.2) is 44.4 Å². The van der Waals surface area contributed by atoms with E-state index in [2.05, 4.69) is 20.2 Å². The number of ether oxygens (including phenoxy) is 2. The van der Waals surface area contributed by atoms with Crippen molar-refractivity contribution in [2.24, 2.45) is 0 Å². The summed E-state index contributed by atoms with van der Waals surface area (Å²) < 4.78 is 77.0. The Hall–Kier alpha value is -3.03. The number of aromatic nitrogens is 3. The summed E-state index contributed by atoms with van der Waals surface area (Å²) in [5.74, 6) is -3.37. The van der Waals surface area contributed by atoms with Crippen LogP contribution in [0.15, 0.2) is 30.7 Å². The van der Waals surface area contributed by atoms with Gasteiger partial charge in [-0.15, -0.1) is 0 Å². The molecule has 0 bridgehead atoms. The third-order valence-corrected chi connectivity index (χ3v) is 5.17. The van der Waals surface area contributed by atoms with Gasteiger partial charge in [0.2, 0.25) is 0 Å². The third kappa shape index (κ3) is 7.73. The van der Waals surface area contributed by atoms with Crippen molar-refractivity contribution >= 4 is 5.65 Å². The number of halogens is 5. The molecule has 0 aromatic carbocycles. The van der Waals surface area contributed by atoms with Crippen molar-refractivity contribution in [3.63, 3.8) is 0 Å². The SMILES string of the molecule is CCCC(C)(CCCO)NOCc1cn2cc(Oc3ncc(F)cc3OCC(F)(F)F)c(F)cc2n1. The number of hydroxylamine groups is 1. The summed E-state index contributed by atoms with van der Waals surface area (Å²) in [6.45, 7) is 2.47. The molecular formula is C23H27F5N4O4. The average Bonchev–Trinajstić information content (AvgIpc) is 3.19. The zero-order valence-electron chi connectivity index (χ0n) is 19.7. The van der Waals surface area contributed by atoms with Crippen molar-refractivity contribution in [3.05, 3.63) is 48.1 Å². The predicted molar refractivity (Wildman–Crippen MR) is 119 cm³/mol. The van der Waals surface area contributed by atoms with Crippen LogP contribution in [-0.2, 0) is 11.4 Å². The number of aliphatic hydroxyl groups is 1. The van der Waals surface area contributed by atoms with Gasteiger partial charge in [0.25, 0.3) is 5.88 Å². The lowest BCUT2D eigenvalue weighted by atomic mass is 9.92. The summed E-state index contributed by atoms with van der Waals surface area (Å²) in [6, 6.07) is 1.73. The van der Waals surface area contributed by atoms with Gasteiger partial charge in [0.1, 0.15) is 18.1 Å². The second-order valence-electron chi connectivity index (χ2n) is 8.47. The Morgan fingerprint density at radius 1 is 1.11 bits per heavy atom. The van der Waals surface area contributed by atoms with Crippen LogP contribution in [0.5, 0.6) is 17.4 Å². The van der Waals surface area contributed by atoms with Crippen LogP contribution in [0.1, 0.15) is 45.2 Å². The molecule has 36 heavy (non-hydrogen) atoms. The van der Waals surface area contributed by atoms with Gasteiger partial charge in [-0.1, -0.05) is 13.3 Å². The van der Waals surface area contributed by atoms with Crippen molar-refractivity contribution in [2.75, 3.05) is 13.2 Å². The van der Waals surface area contributed by atoms with Crippen LogP contribution >= 0.6 is 0 Å². The first kappa shape index (κ1) is 27.6. The van der Waals surface area contributed by atoms with Crippen LogP contribution in [0.3, 0.4) is 0 Å². The lowest BCUT2D eigenvalue weighted by Gasteiger charge is -2.29. The first-order chi connectivity index (χ1) is 17.0. The summed E-state index contributed by atoms with van der Waals surface area (Å²) in [5.41, 5.74) is 3.38. The largest absolute Gasteiger partial charge is 0.478 e. The van der Waals surface area contributed by atoms with Crippen molar-refractivity contribution in [3.8, 4) is 17.4 Å². The number of pyridine rings is 2. The minimum absolute atomic E-state index is 0.0624. The lowest BCUT2D eigenvalue weighted by Crippen LogP contribution is -2.42. The Balaban J connectivity index is 1.73. The molecule has 0 spiro atoms. The summed E-state index contributed by atoms with van der Waals surface area (Å²) in [6.07, 6.45) is 1.89. The number of hydrogen-bond acceptors (Lipinski definition) is 7. The maximum atomic E-state index is 14.6. The number of hydrogen-bond donors (Lipinski definition) is 2. The summed E-state index contributed by atoms with van der Waals surface area (Å²) in [5, 5.41) is 9.11. The molecule has 0 radical (unpaired) electrons. The molecule has 0 amide bonds. The molecule has 8 nitrogen and oxygen atoms in total. The van der Waals surface area contributed by atoms with Crippen molar-refractivity contribution in [1.82, 2.24) is 19.8 Å². The minimum Gasteiger partial charge on any atom is -0.478 e. The zero-order valence-corrected chi connectivity index (χ0v) is 19.7. The van der Waals surface area contributed by atoms with Crippen molar-refractivity contribution < 1.29 is 41.4 Å². The standard InChI is InChI=1S/C23H27F5N4O4/c1-3-5-22(2,6-4-7-33)31-35-13-16-11-32-12-19(17(25)9-20(32)30-16)36-21-18(8-15(24)10-29-21)34-14-23(26,27)28/h8-12,31,33H,3-7,13-14H2,1-2H3. The number of imidazole rings is 1. The molecule has 2 N–H and O–H groups in total. The summed E-state index contributed by atoms with van der Waals surface area (Å²) in [7, 11) is 0. The van der Waals surface area contributed by atoms with Crippen LogP contribution in [0, 0.1) is 11.6 Å². The first-order valence-corrected chi connectivity index (χ1v) is 11.2. The Morgan fingerprint density at radius 2 is 1.89 bits per heavy atom. The van der Waals surface area contributed by atoms with E-state index in [1.54, 1.807) is 6.20 Å². The fraction of sp³-hybridized carbons (Fsp3) is 0.478. The fourth-order valence-electron chi connectivity index (χ4n) is 3.57. The molecule has 13 heteroatoms. The number of nitrogens with one attached hydrogen (secondary N) is 1. The number of nitrogens with zero attached hydrogens (tertiary/aromatic N) is 3. The van der Waals surface area contributed by atoms with E-state index in [0.29, 0.717) is 30.8 Å². The van der Waals surface area contributed by atoms with Gasteiger partial charge in [0, 0.05) is 30.5 Å². The molecule has 0 saturated heterocycles. The van der Waals surface area contributed by atoms with E-state index in [1.807, 2.05) is 13.8 Å². The molecule has 0 aliphatic rings. The zero-order chi connectivity index (χ0) is 26.3. The van der Waals surface area contributed by atoms with Gasteiger partial charge in [-0.25, -0.2) is 18.7 Å². The van der Waals surface area contributed by atoms with Gasteiger partial charge in [0.15, 0.2) is 23.9 Å². The lowest BCUT2D eigenvalue weighted by molar-refractivity contribution is -0.153. The van der Waals surface area contributed by atoms with Gasteiger partial charge in [-0.05, 0) is 26.2 Å². The van der Waals surface area contributed by atoms with Gasteiger partial charge in [0.05, 0.1) is 18.1 Å². The van der Waals surface area contributed by atoms with Crippen LogP contribution in [0.25, 0.3) is 5.65 Å². The predicted octanol–water partition coefficient (Wildman–Crippen LogP) is 5.09. The molecule has 3 rings (SSSR count). The molecule has 198 valence electrons. The molecular weight excluding hydrogens is 491 g/mol. The topological polar surface area (TPSA) is 90.1 Å². The van der Waals surface area contributed by atoms with Crippen molar-refractivity contribution in [2.45, 2.75) is 57.9 Å². The van der Waals surface area contributed by atoms with Crippen LogP contribution in [0.4, 0.5) is 22.0 Å². The van der Waals surface area contributed by atoms with Crippen LogP contribution < -0.4 is 15.0 Å². The van der Waals surface area contributed by atoms with E-state index < -0.39 is 36.0 Å². The molecule has 0 fully saturated rings. The molecule has 0 saturated carbocycles. The van der Waals surface area contributed by atoms with Crippen LogP contribution in [0.2, 0.25) is 0 Å². The van der Waals surface area contributed by atoms with Crippen molar-refractivity contribution in [1.29, 1.82) is 0 Å². The number of aliphatic hydroxyl groups excluding tert-OH is 1. The second-order valence-corrected chi connectivity index (χ2v) is 8.47. The summed E-state index contributed by atoms with van der Waals surface area (Å²) >= 11 is 0. The highest BCUT2D eigenvalue weighted by Crippen LogP contribution is 2.33. The molecule has 0 aliphatic carbocycles. The Bertz CT molecular complexity index is 1160. The highest BCUT2D eigenvalue weighted by Gasteiger charge is 2.29. The molecule has 1 atom stereocenters. The van der Waals surface area contributed by atoms with Gasteiger partial charge in [-0.3, -0.25) is 4.84 Å². The molecule has 3 heterocycles. The Morgan fingerprint density at radius 3 is 2.58 bits per heavy atom. The van der Waals surface area contributed by atoms with Gasteiger partial charge < -0.3 is 19.0 Å². The number of fused-ring (bicyclic) bond motifs is 1. The average molecular weight is 518 g/mol. The molecule has 3 aromatic rings. The Kier molecular flexibility index (Phi) is 9.03. The third-order valence-electron chi connectivity index (χ3n) is 5.17. The van der Waals surface area contributed by atoms with E-state index in [0.717, 1.165) is 18.9 Å². The summed E-state index contributed by atoms with van der Waals surface area (Å²) in [4.78, 5) is 13.5. The monoisotopic (exact) mass is 518 g/mol. The maximum Gasteiger partial charge on any atom is 0.422 e. The smallest absolute Gasteiger partial charge is 0.422 e. The number of rotatable bonds is 13. The molecule has 3 aromatic heterocycles. The number of alkyl halides is 3. The maximum absolute atomic E-state index is 14.6. The van der Waals surface area contributed by atoms with E-state index in [-0.39, 0.29) is 30.1 Å². The molecule has 0 aliphatic heterocycles. The first-order valence-electron chi connectivity index (χ1n) is 11.2. The normalized spacial score (nSPS) is 13.7. The van der Waals surface area contributed by atoms with E-state index in [9.17, 15) is 22.0 Å². The van der Waals surface area contributed by atoms with Gasteiger partial charge in [-0.2, -0.15) is 18.7 Å². The van der Waals surface area contributed by atoms with E-state index >= 15 is 0 Å². The highest BCUT2D eigenvalue weighted by atomic mass is 19.4. The van der Waals surface area contributed by atoms with E-state index in [1.165, 1.54) is 10.6 Å².